The van der Waals surface area contributed by atoms with Crippen molar-refractivity contribution in [2.45, 2.75) is 33.6 Å². The number of anilines is 1. The molecule has 0 radical (unpaired) electrons. The van der Waals surface area contributed by atoms with Gasteiger partial charge in [-0.25, -0.2) is 4.98 Å². The van der Waals surface area contributed by atoms with E-state index in [-0.39, 0.29) is 5.91 Å². The van der Waals surface area contributed by atoms with Crippen LogP contribution in [0.1, 0.15) is 41.2 Å². The number of aryl methyl sites for hydroxylation is 2. The summed E-state index contributed by atoms with van der Waals surface area (Å²) in [7, 11) is 0. The highest BCUT2D eigenvalue weighted by atomic mass is 32.1. The van der Waals surface area contributed by atoms with Crippen molar-refractivity contribution >= 4 is 22.9 Å². The van der Waals surface area contributed by atoms with Gasteiger partial charge in [0.15, 0.2) is 0 Å². The number of para-hydroxylation sites is 2. The second kappa shape index (κ2) is 8.82. The first-order chi connectivity index (χ1) is 13.1. The van der Waals surface area contributed by atoms with Gasteiger partial charge in [0.25, 0.3) is 5.91 Å². The van der Waals surface area contributed by atoms with Crippen LogP contribution in [-0.4, -0.2) is 17.5 Å². The third-order valence-electron chi connectivity index (χ3n) is 4.21. The van der Waals surface area contributed by atoms with Gasteiger partial charge in [0, 0.05) is 5.56 Å². The van der Waals surface area contributed by atoms with Crippen LogP contribution in [-0.2, 0) is 6.42 Å². The molecule has 5 heteroatoms. The maximum atomic E-state index is 12.8. The molecular formula is C22H24N2O2S. The molecular weight excluding hydrogens is 356 g/mol. The first kappa shape index (κ1) is 19.1. The minimum absolute atomic E-state index is 0.158. The van der Waals surface area contributed by atoms with Crippen molar-refractivity contribution in [2.24, 2.45) is 0 Å². The topological polar surface area (TPSA) is 51.2 Å². The van der Waals surface area contributed by atoms with Gasteiger partial charge >= 0.3 is 0 Å². The fraction of sp³-hybridized carbons (Fsp3) is 0.273. The van der Waals surface area contributed by atoms with Crippen molar-refractivity contribution in [2.75, 3.05) is 11.9 Å². The molecule has 0 aliphatic heterocycles. The fourth-order valence-corrected chi connectivity index (χ4v) is 3.67. The first-order valence-corrected chi connectivity index (χ1v) is 10.0. The molecule has 2 aromatic carbocycles. The molecule has 3 aromatic rings. The summed E-state index contributed by atoms with van der Waals surface area (Å²) in [6.07, 6.45) is 1.92. The summed E-state index contributed by atoms with van der Waals surface area (Å²) < 4.78 is 5.72. The van der Waals surface area contributed by atoms with Crippen LogP contribution in [0.4, 0.5) is 5.69 Å². The van der Waals surface area contributed by atoms with Crippen molar-refractivity contribution in [3.05, 3.63) is 64.7 Å². The molecule has 4 nitrogen and oxygen atoms in total. The van der Waals surface area contributed by atoms with E-state index >= 15 is 0 Å². The number of hydrogen-bond acceptors (Lipinski definition) is 4. The average molecular weight is 381 g/mol. The average Bonchev–Trinajstić information content (AvgIpc) is 3.09. The molecule has 0 spiro atoms. The molecule has 0 saturated heterocycles. The Hall–Kier alpha value is -2.66. The Bertz CT molecular complexity index is 916. The molecule has 0 saturated carbocycles. The lowest BCUT2D eigenvalue weighted by atomic mass is 10.1. The van der Waals surface area contributed by atoms with Crippen molar-refractivity contribution in [3.8, 4) is 16.3 Å². The Labute approximate surface area is 164 Å². The minimum atomic E-state index is -0.158. The first-order valence-electron chi connectivity index (χ1n) is 9.22. The molecule has 3 rings (SSSR count). The van der Waals surface area contributed by atoms with E-state index in [0.29, 0.717) is 22.9 Å². The van der Waals surface area contributed by atoms with Gasteiger partial charge in [-0.1, -0.05) is 50.2 Å². The normalized spacial score (nSPS) is 10.6. The van der Waals surface area contributed by atoms with Crippen molar-refractivity contribution in [1.82, 2.24) is 4.98 Å². The molecule has 27 heavy (non-hydrogen) atoms. The van der Waals surface area contributed by atoms with Gasteiger partial charge in [-0.15, -0.1) is 11.3 Å². The van der Waals surface area contributed by atoms with Gasteiger partial charge in [-0.05, 0) is 37.5 Å². The summed E-state index contributed by atoms with van der Waals surface area (Å²) in [4.78, 5) is 18.0. The lowest BCUT2D eigenvalue weighted by Gasteiger charge is -2.11. The summed E-state index contributed by atoms with van der Waals surface area (Å²) in [5, 5.41) is 3.82. The molecule has 1 N–H and O–H groups in total. The molecule has 0 unspecified atom stereocenters. The van der Waals surface area contributed by atoms with Gasteiger partial charge in [-0.2, -0.15) is 0 Å². The lowest BCUT2D eigenvalue weighted by Crippen LogP contribution is -2.12. The SMILES string of the molecule is CCCOc1ccccc1NC(=O)c1sc(-c2ccc(CC)cc2)nc1C. The number of rotatable bonds is 7. The van der Waals surface area contributed by atoms with Gasteiger partial charge in [-0.3, -0.25) is 4.79 Å². The summed E-state index contributed by atoms with van der Waals surface area (Å²) >= 11 is 1.41. The number of thiazole rings is 1. The van der Waals surface area contributed by atoms with Crippen molar-refractivity contribution < 1.29 is 9.53 Å². The molecule has 0 fully saturated rings. The molecule has 0 atom stereocenters. The lowest BCUT2D eigenvalue weighted by molar-refractivity contribution is 0.102. The Kier molecular flexibility index (Phi) is 6.24. The van der Waals surface area contributed by atoms with Crippen LogP contribution in [0.25, 0.3) is 10.6 Å². The van der Waals surface area contributed by atoms with Crippen molar-refractivity contribution in [1.29, 1.82) is 0 Å². The molecule has 0 aliphatic rings. The van der Waals surface area contributed by atoms with E-state index in [1.54, 1.807) is 0 Å². The summed E-state index contributed by atoms with van der Waals surface area (Å²) in [6.45, 7) is 6.67. The Morgan fingerprint density at radius 2 is 1.85 bits per heavy atom. The number of carbonyl (C=O) groups excluding carboxylic acids is 1. The van der Waals surface area contributed by atoms with Gasteiger partial charge in [0.2, 0.25) is 0 Å². The molecule has 0 bridgehead atoms. The van der Waals surface area contributed by atoms with E-state index < -0.39 is 0 Å². The van der Waals surface area contributed by atoms with Crippen LogP contribution in [0.3, 0.4) is 0 Å². The standard InChI is InChI=1S/C22H24N2O2S/c1-4-14-26-19-9-7-6-8-18(19)24-21(25)20-15(3)23-22(27-20)17-12-10-16(5-2)11-13-17/h6-13H,4-5,14H2,1-3H3,(H,24,25). The number of aromatic nitrogens is 1. The summed E-state index contributed by atoms with van der Waals surface area (Å²) in [6, 6.07) is 15.8. The number of nitrogens with zero attached hydrogens (tertiary/aromatic N) is 1. The number of hydrogen-bond donors (Lipinski definition) is 1. The fourth-order valence-electron chi connectivity index (χ4n) is 2.70. The maximum absolute atomic E-state index is 12.8. The van der Waals surface area contributed by atoms with Gasteiger partial charge in [0.1, 0.15) is 15.6 Å². The monoisotopic (exact) mass is 380 g/mol. The molecule has 1 amide bonds. The van der Waals surface area contributed by atoms with Crippen LogP contribution in [0.2, 0.25) is 0 Å². The van der Waals surface area contributed by atoms with Gasteiger partial charge in [0.05, 0.1) is 18.0 Å². The molecule has 1 heterocycles. The molecule has 140 valence electrons. The Balaban J connectivity index is 1.81. The van der Waals surface area contributed by atoms with Crippen LogP contribution in [0.5, 0.6) is 5.75 Å². The number of benzene rings is 2. The highest BCUT2D eigenvalue weighted by molar-refractivity contribution is 7.17. The second-order valence-electron chi connectivity index (χ2n) is 6.28. The van der Waals surface area contributed by atoms with Crippen LogP contribution in [0.15, 0.2) is 48.5 Å². The van der Waals surface area contributed by atoms with E-state index in [1.807, 2.05) is 31.2 Å². The molecule has 0 aliphatic carbocycles. The zero-order chi connectivity index (χ0) is 19.2. The van der Waals surface area contributed by atoms with Crippen molar-refractivity contribution in [3.63, 3.8) is 0 Å². The zero-order valence-corrected chi connectivity index (χ0v) is 16.7. The number of ether oxygens (including phenoxy) is 1. The maximum Gasteiger partial charge on any atom is 0.267 e. The summed E-state index contributed by atoms with van der Waals surface area (Å²) in [5.41, 5.74) is 3.73. The quantitative estimate of drug-likeness (QED) is 0.570. The molecule has 1 aromatic heterocycles. The predicted molar refractivity (Wildman–Crippen MR) is 112 cm³/mol. The third kappa shape index (κ3) is 4.55. The van der Waals surface area contributed by atoms with Crippen LogP contribution < -0.4 is 10.1 Å². The third-order valence-corrected chi connectivity index (χ3v) is 5.41. The largest absolute Gasteiger partial charge is 0.491 e. The number of carbonyl (C=O) groups is 1. The number of amides is 1. The van der Waals surface area contributed by atoms with E-state index in [0.717, 1.165) is 29.1 Å². The van der Waals surface area contributed by atoms with Gasteiger partial charge < -0.3 is 10.1 Å². The highest BCUT2D eigenvalue weighted by Gasteiger charge is 2.17. The Morgan fingerprint density at radius 3 is 2.56 bits per heavy atom. The predicted octanol–water partition coefficient (Wildman–Crippen LogP) is 5.72. The van der Waals surface area contributed by atoms with E-state index in [1.165, 1.54) is 16.9 Å². The highest BCUT2D eigenvalue weighted by Crippen LogP contribution is 2.30. The smallest absolute Gasteiger partial charge is 0.267 e. The second-order valence-corrected chi connectivity index (χ2v) is 7.28. The minimum Gasteiger partial charge on any atom is -0.491 e. The Morgan fingerprint density at radius 1 is 1.11 bits per heavy atom. The zero-order valence-electron chi connectivity index (χ0n) is 15.9. The van der Waals surface area contributed by atoms with E-state index in [2.05, 4.69) is 48.4 Å². The summed E-state index contributed by atoms with van der Waals surface area (Å²) in [5.74, 6) is 0.527. The van der Waals surface area contributed by atoms with Crippen LogP contribution >= 0.6 is 11.3 Å². The van der Waals surface area contributed by atoms with Crippen LogP contribution in [0, 0.1) is 6.92 Å². The number of nitrogens with one attached hydrogen (secondary N) is 1. The van der Waals surface area contributed by atoms with E-state index in [9.17, 15) is 4.79 Å². The van der Waals surface area contributed by atoms with E-state index in [4.69, 9.17) is 4.74 Å².